The number of rotatable bonds is 4. The Morgan fingerprint density at radius 1 is 1.53 bits per heavy atom. The summed E-state index contributed by atoms with van der Waals surface area (Å²) in [4.78, 5) is 17.0. The van der Waals surface area contributed by atoms with E-state index in [-0.39, 0.29) is 6.42 Å². The van der Waals surface area contributed by atoms with Gasteiger partial charge < -0.3 is 10.0 Å². The molecular formula is C14H17N3O2. The Morgan fingerprint density at radius 3 is 2.89 bits per heavy atom. The van der Waals surface area contributed by atoms with Crippen LogP contribution in [0.1, 0.15) is 31.2 Å². The van der Waals surface area contributed by atoms with Gasteiger partial charge in [-0.1, -0.05) is 0 Å². The van der Waals surface area contributed by atoms with E-state index in [4.69, 9.17) is 10.4 Å². The van der Waals surface area contributed by atoms with Crippen LogP contribution in [0, 0.1) is 17.2 Å². The maximum Gasteiger partial charge on any atom is 0.303 e. The summed E-state index contributed by atoms with van der Waals surface area (Å²) in [7, 11) is 0. The fraction of sp³-hybridized carbons (Fsp3) is 0.500. The van der Waals surface area contributed by atoms with Gasteiger partial charge in [0.1, 0.15) is 11.9 Å². The number of nitriles is 1. The summed E-state index contributed by atoms with van der Waals surface area (Å²) in [6.07, 6.45) is 4.63. The molecule has 1 aromatic rings. The molecule has 0 bridgehead atoms. The van der Waals surface area contributed by atoms with E-state index in [1.807, 2.05) is 0 Å². The number of piperidine rings is 1. The fourth-order valence-electron chi connectivity index (χ4n) is 2.50. The van der Waals surface area contributed by atoms with Crippen molar-refractivity contribution in [2.24, 2.45) is 5.92 Å². The number of anilines is 1. The lowest BCUT2D eigenvalue weighted by Crippen LogP contribution is -2.34. The van der Waals surface area contributed by atoms with Crippen LogP contribution in [0.15, 0.2) is 18.3 Å². The quantitative estimate of drug-likeness (QED) is 0.895. The highest BCUT2D eigenvalue weighted by Crippen LogP contribution is 2.26. The monoisotopic (exact) mass is 259 g/mol. The molecular weight excluding hydrogens is 242 g/mol. The van der Waals surface area contributed by atoms with Crippen LogP contribution in [0.5, 0.6) is 0 Å². The Bertz CT molecular complexity index is 488. The standard InChI is InChI=1S/C14H17N3O2/c15-10-12-2-1-7-16-14(12)17-8-5-11(6-9-17)3-4-13(18)19/h1-2,7,11H,3-6,8-9H2,(H,18,19). The van der Waals surface area contributed by atoms with Gasteiger partial charge in [-0.05, 0) is 37.3 Å². The first-order chi connectivity index (χ1) is 9.20. The molecule has 19 heavy (non-hydrogen) atoms. The average Bonchev–Trinajstić information content (AvgIpc) is 2.45. The van der Waals surface area contributed by atoms with Crippen LogP contribution in [-0.2, 0) is 4.79 Å². The van der Waals surface area contributed by atoms with Crippen LogP contribution in [0.3, 0.4) is 0 Å². The molecule has 0 spiro atoms. The largest absolute Gasteiger partial charge is 0.481 e. The third kappa shape index (κ3) is 3.44. The molecule has 0 aromatic carbocycles. The van der Waals surface area contributed by atoms with Crippen LogP contribution in [0.4, 0.5) is 5.82 Å². The molecule has 1 N–H and O–H groups in total. The number of aliphatic carboxylic acids is 1. The summed E-state index contributed by atoms with van der Waals surface area (Å²) in [6, 6.07) is 5.70. The summed E-state index contributed by atoms with van der Waals surface area (Å²) in [6.45, 7) is 1.69. The number of carbonyl (C=O) groups is 1. The van der Waals surface area contributed by atoms with Gasteiger partial charge in [-0.15, -0.1) is 0 Å². The second-order valence-electron chi connectivity index (χ2n) is 4.85. The van der Waals surface area contributed by atoms with Gasteiger partial charge in [-0.2, -0.15) is 5.26 Å². The fourth-order valence-corrected chi connectivity index (χ4v) is 2.50. The second-order valence-corrected chi connectivity index (χ2v) is 4.85. The van der Waals surface area contributed by atoms with E-state index in [0.29, 0.717) is 11.5 Å². The molecule has 1 aliphatic heterocycles. The molecule has 1 saturated heterocycles. The number of hydrogen-bond donors (Lipinski definition) is 1. The van der Waals surface area contributed by atoms with Gasteiger partial charge in [0.15, 0.2) is 0 Å². The molecule has 100 valence electrons. The van der Waals surface area contributed by atoms with E-state index < -0.39 is 5.97 Å². The highest BCUT2D eigenvalue weighted by molar-refractivity contribution is 5.66. The Hall–Kier alpha value is -2.09. The first-order valence-corrected chi connectivity index (χ1v) is 6.52. The molecule has 0 atom stereocenters. The number of carboxylic acids is 1. The molecule has 0 amide bonds. The van der Waals surface area contributed by atoms with Crippen molar-refractivity contribution < 1.29 is 9.90 Å². The van der Waals surface area contributed by atoms with Crippen molar-refractivity contribution in [3.8, 4) is 6.07 Å². The highest BCUT2D eigenvalue weighted by atomic mass is 16.4. The average molecular weight is 259 g/mol. The molecule has 0 unspecified atom stereocenters. The second kappa shape index (κ2) is 6.19. The Morgan fingerprint density at radius 2 is 2.26 bits per heavy atom. The smallest absolute Gasteiger partial charge is 0.303 e. The first-order valence-electron chi connectivity index (χ1n) is 6.52. The molecule has 1 aromatic heterocycles. The van der Waals surface area contributed by atoms with Crippen molar-refractivity contribution >= 4 is 11.8 Å². The first kappa shape index (κ1) is 13.3. The van der Waals surface area contributed by atoms with Crippen molar-refractivity contribution in [1.29, 1.82) is 5.26 Å². The zero-order valence-electron chi connectivity index (χ0n) is 10.7. The number of carboxylic acid groups (broad SMARTS) is 1. The van der Waals surface area contributed by atoms with Crippen molar-refractivity contribution in [3.05, 3.63) is 23.9 Å². The van der Waals surface area contributed by atoms with E-state index in [1.165, 1.54) is 0 Å². The SMILES string of the molecule is N#Cc1cccnc1N1CCC(CCC(=O)O)CC1. The molecule has 0 saturated carbocycles. The molecule has 1 fully saturated rings. The van der Waals surface area contributed by atoms with E-state index in [9.17, 15) is 4.79 Å². The maximum atomic E-state index is 10.6. The lowest BCUT2D eigenvalue weighted by molar-refractivity contribution is -0.137. The van der Waals surface area contributed by atoms with E-state index in [1.54, 1.807) is 18.3 Å². The summed E-state index contributed by atoms with van der Waals surface area (Å²) in [5.74, 6) is 0.502. The van der Waals surface area contributed by atoms with Crippen LogP contribution < -0.4 is 4.90 Å². The van der Waals surface area contributed by atoms with Crippen molar-refractivity contribution in [2.75, 3.05) is 18.0 Å². The van der Waals surface area contributed by atoms with E-state index >= 15 is 0 Å². The summed E-state index contributed by atoms with van der Waals surface area (Å²) < 4.78 is 0. The highest BCUT2D eigenvalue weighted by Gasteiger charge is 2.22. The van der Waals surface area contributed by atoms with Gasteiger partial charge in [0.05, 0.1) is 5.56 Å². The normalized spacial score (nSPS) is 16.1. The number of nitrogens with zero attached hydrogens (tertiary/aromatic N) is 3. The number of aromatic nitrogens is 1. The van der Waals surface area contributed by atoms with E-state index in [2.05, 4.69) is 16.0 Å². The Kier molecular flexibility index (Phi) is 4.35. The van der Waals surface area contributed by atoms with Crippen LogP contribution in [0.25, 0.3) is 0 Å². The molecule has 2 heterocycles. The van der Waals surface area contributed by atoms with Gasteiger partial charge in [-0.25, -0.2) is 4.98 Å². The lowest BCUT2D eigenvalue weighted by atomic mass is 9.92. The minimum atomic E-state index is -0.723. The zero-order valence-corrected chi connectivity index (χ0v) is 10.7. The topological polar surface area (TPSA) is 77.2 Å². The maximum absolute atomic E-state index is 10.6. The van der Waals surface area contributed by atoms with Gasteiger partial charge >= 0.3 is 5.97 Å². The lowest BCUT2D eigenvalue weighted by Gasteiger charge is -2.33. The minimum absolute atomic E-state index is 0.248. The zero-order chi connectivity index (χ0) is 13.7. The van der Waals surface area contributed by atoms with Gasteiger partial charge in [0, 0.05) is 25.7 Å². The van der Waals surface area contributed by atoms with Crippen LogP contribution in [0.2, 0.25) is 0 Å². The van der Waals surface area contributed by atoms with E-state index in [0.717, 1.165) is 38.2 Å². The van der Waals surface area contributed by atoms with Gasteiger partial charge in [0.2, 0.25) is 0 Å². The molecule has 0 aliphatic carbocycles. The third-order valence-electron chi connectivity index (χ3n) is 3.59. The van der Waals surface area contributed by atoms with Gasteiger partial charge in [-0.3, -0.25) is 4.79 Å². The predicted octanol–water partition coefficient (Wildman–Crippen LogP) is 2.03. The molecule has 0 radical (unpaired) electrons. The minimum Gasteiger partial charge on any atom is -0.481 e. The van der Waals surface area contributed by atoms with Gasteiger partial charge in [0.25, 0.3) is 0 Å². The summed E-state index contributed by atoms with van der Waals surface area (Å²) >= 11 is 0. The summed E-state index contributed by atoms with van der Waals surface area (Å²) in [5.41, 5.74) is 0.603. The predicted molar refractivity (Wildman–Crippen MR) is 70.8 cm³/mol. The molecule has 1 aliphatic rings. The number of pyridine rings is 1. The molecule has 2 rings (SSSR count). The summed E-state index contributed by atoms with van der Waals surface area (Å²) in [5, 5.41) is 17.8. The van der Waals surface area contributed by atoms with Crippen molar-refractivity contribution in [3.63, 3.8) is 0 Å². The van der Waals surface area contributed by atoms with Crippen molar-refractivity contribution in [2.45, 2.75) is 25.7 Å². The van der Waals surface area contributed by atoms with Crippen molar-refractivity contribution in [1.82, 2.24) is 4.98 Å². The number of hydrogen-bond acceptors (Lipinski definition) is 4. The third-order valence-corrected chi connectivity index (χ3v) is 3.59. The van der Waals surface area contributed by atoms with Crippen LogP contribution in [-0.4, -0.2) is 29.1 Å². The van der Waals surface area contributed by atoms with Crippen LogP contribution >= 0.6 is 0 Å². The molecule has 5 heteroatoms. The Balaban J connectivity index is 1.93. The Labute approximate surface area is 112 Å². The molecule has 5 nitrogen and oxygen atoms in total.